The fourth-order valence-corrected chi connectivity index (χ4v) is 3.68. The summed E-state index contributed by atoms with van der Waals surface area (Å²) in [4.78, 5) is 14.1. The number of likely N-dealkylation sites (N-methyl/N-ethyl adjacent to an activating group) is 1. The zero-order chi connectivity index (χ0) is 15.5. The van der Waals surface area contributed by atoms with E-state index in [-0.39, 0.29) is 10.8 Å². The Kier molecular flexibility index (Phi) is 3.22. The average molecular weight is 296 g/mol. The fourth-order valence-electron chi connectivity index (χ4n) is 2.66. The van der Waals surface area contributed by atoms with Crippen molar-refractivity contribution in [2.24, 2.45) is 0 Å². The van der Waals surface area contributed by atoms with Crippen LogP contribution in [0.1, 0.15) is 25.0 Å². The van der Waals surface area contributed by atoms with Crippen molar-refractivity contribution in [2.75, 3.05) is 26.0 Å². The van der Waals surface area contributed by atoms with Gasteiger partial charge < -0.3 is 4.90 Å². The van der Waals surface area contributed by atoms with Crippen molar-refractivity contribution < 1.29 is 13.2 Å². The summed E-state index contributed by atoms with van der Waals surface area (Å²) in [6.07, 6.45) is 0. The van der Waals surface area contributed by atoms with Crippen LogP contribution in [0.25, 0.3) is 0 Å². The number of benzene rings is 1. The minimum absolute atomic E-state index is 0.0185. The van der Waals surface area contributed by atoms with Crippen LogP contribution in [0.4, 0.5) is 5.69 Å². The minimum Gasteiger partial charge on any atom is -0.314 e. The Hall–Kier alpha value is -1.40. The first-order valence-corrected chi connectivity index (χ1v) is 7.81. The summed E-state index contributed by atoms with van der Waals surface area (Å²) in [7, 11) is 1.22. The largest absolute Gasteiger partial charge is 0.314 e. The molecule has 0 radical (unpaired) electrons. The molecule has 2 rings (SSSR count). The second-order valence-corrected chi connectivity index (χ2v) is 8.06. The molecule has 5 nitrogen and oxygen atoms in total. The van der Waals surface area contributed by atoms with E-state index in [4.69, 9.17) is 0 Å². The first kappa shape index (κ1) is 15.0. The second-order valence-electron chi connectivity index (χ2n) is 5.91. The molecule has 1 aromatic carbocycles. The van der Waals surface area contributed by atoms with Gasteiger partial charge in [0.25, 0.3) is 0 Å². The molecule has 1 aliphatic heterocycles. The molecule has 0 fully saturated rings. The lowest BCUT2D eigenvalue weighted by molar-refractivity contribution is -0.121. The molecule has 1 aromatic rings. The molecule has 1 amide bonds. The first-order valence-electron chi connectivity index (χ1n) is 6.37. The lowest BCUT2D eigenvalue weighted by atomic mass is 9.85. The number of nitrogens with zero attached hydrogens (tertiary/aromatic N) is 2. The number of aryl methyl sites for hydroxylation is 1. The Labute approximate surface area is 120 Å². The number of hydrogen-bond donors (Lipinski definition) is 0. The zero-order valence-electron chi connectivity index (χ0n) is 12.7. The van der Waals surface area contributed by atoms with E-state index in [1.807, 2.05) is 20.8 Å². The summed E-state index contributed by atoms with van der Waals surface area (Å²) in [6.45, 7) is 5.48. The van der Waals surface area contributed by atoms with E-state index < -0.39 is 15.4 Å². The van der Waals surface area contributed by atoms with Gasteiger partial charge in [-0.05, 0) is 44.0 Å². The quantitative estimate of drug-likeness (QED) is 0.831. The number of amides is 1. The van der Waals surface area contributed by atoms with Gasteiger partial charge in [0.1, 0.15) is 0 Å². The molecule has 0 spiro atoms. The van der Waals surface area contributed by atoms with Crippen LogP contribution in [0.15, 0.2) is 17.0 Å². The fraction of sp³-hybridized carbons (Fsp3) is 0.500. The normalized spacial score (nSPS) is 17.8. The molecule has 0 bridgehead atoms. The smallest absolute Gasteiger partial charge is 0.242 e. The van der Waals surface area contributed by atoms with Gasteiger partial charge in [-0.1, -0.05) is 0 Å². The van der Waals surface area contributed by atoms with Crippen LogP contribution in [0, 0.1) is 6.92 Å². The molecular formula is C14H20N2O3S. The van der Waals surface area contributed by atoms with E-state index in [2.05, 4.69) is 0 Å². The van der Waals surface area contributed by atoms with E-state index >= 15 is 0 Å². The Balaban J connectivity index is 2.76. The average Bonchev–Trinajstić information content (AvgIpc) is 2.51. The molecule has 0 unspecified atom stereocenters. The third-order valence-corrected chi connectivity index (χ3v) is 5.69. The molecule has 1 aliphatic rings. The molecule has 0 N–H and O–H groups in total. The molecule has 0 saturated heterocycles. The Bertz CT molecular complexity index is 691. The van der Waals surface area contributed by atoms with Crippen LogP contribution in [-0.2, 0) is 20.2 Å². The SMILES string of the molecule is Cc1cc(S(=O)(=O)N(C)C)cc2c1N(C)C(=O)C2(C)C. The van der Waals surface area contributed by atoms with Crippen molar-refractivity contribution in [3.63, 3.8) is 0 Å². The molecular weight excluding hydrogens is 276 g/mol. The van der Waals surface area contributed by atoms with Crippen molar-refractivity contribution in [2.45, 2.75) is 31.1 Å². The molecule has 0 saturated carbocycles. The molecule has 0 aromatic heterocycles. The summed E-state index contributed by atoms with van der Waals surface area (Å²) in [5.74, 6) is -0.0185. The Morgan fingerprint density at radius 3 is 2.25 bits per heavy atom. The maximum Gasteiger partial charge on any atom is 0.242 e. The summed E-state index contributed by atoms with van der Waals surface area (Å²) in [6, 6.07) is 3.25. The highest BCUT2D eigenvalue weighted by molar-refractivity contribution is 7.89. The van der Waals surface area contributed by atoms with E-state index in [0.717, 1.165) is 16.8 Å². The number of sulfonamides is 1. The van der Waals surface area contributed by atoms with E-state index in [1.54, 1.807) is 24.1 Å². The summed E-state index contributed by atoms with van der Waals surface area (Å²) in [5.41, 5.74) is 1.68. The van der Waals surface area contributed by atoms with E-state index in [9.17, 15) is 13.2 Å². The molecule has 110 valence electrons. The van der Waals surface area contributed by atoms with Gasteiger partial charge in [-0.3, -0.25) is 4.79 Å². The lowest BCUT2D eigenvalue weighted by Gasteiger charge is -2.18. The van der Waals surface area contributed by atoms with Crippen LogP contribution in [0.2, 0.25) is 0 Å². The van der Waals surface area contributed by atoms with Gasteiger partial charge >= 0.3 is 0 Å². The summed E-state index contributed by atoms with van der Waals surface area (Å²) in [5, 5.41) is 0. The third kappa shape index (κ3) is 1.86. The topological polar surface area (TPSA) is 57.7 Å². The van der Waals surface area contributed by atoms with E-state index in [0.29, 0.717) is 0 Å². The first-order chi connectivity index (χ1) is 9.01. The standard InChI is InChI=1S/C14H20N2O3S/c1-9-7-10(20(18,19)15(4)5)8-11-12(9)16(6)13(17)14(11,2)3/h7-8H,1-6H3. The van der Waals surface area contributed by atoms with Crippen molar-refractivity contribution in [1.29, 1.82) is 0 Å². The molecule has 6 heteroatoms. The maximum absolute atomic E-state index is 12.3. The van der Waals surface area contributed by atoms with Crippen LogP contribution in [0.5, 0.6) is 0 Å². The highest BCUT2D eigenvalue weighted by atomic mass is 32.2. The van der Waals surface area contributed by atoms with Crippen molar-refractivity contribution in [3.05, 3.63) is 23.3 Å². The lowest BCUT2D eigenvalue weighted by Crippen LogP contribution is -2.33. The number of carbonyl (C=O) groups is 1. The summed E-state index contributed by atoms with van der Waals surface area (Å²) < 4.78 is 25.8. The second kappa shape index (κ2) is 4.30. The number of rotatable bonds is 2. The monoisotopic (exact) mass is 296 g/mol. The van der Waals surface area contributed by atoms with Gasteiger partial charge in [0.15, 0.2) is 0 Å². The third-order valence-electron chi connectivity index (χ3n) is 3.90. The molecule has 0 atom stereocenters. The van der Waals surface area contributed by atoms with Crippen LogP contribution in [-0.4, -0.2) is 39.8 Å². The zero-order valence-corrected chi connectivity index (χ0v) is 13.5. The molecule has 1 heterocycles. The van der Waals surface area contributed by atoms with Gasteiger partial charge in [-0.25, -0.2) is 12.7 Å². The minimum atomic E-state index is -3.50. The molecule has 0 aliphatic carbocycles. The van der Waals surface area contributed by atoms with Crippen molar-refractivity contribution in [3.8, 4) is 0 Å². The van der Waals surface area contributed by atoms with E-state index in [1.165, 1.54) is 18.4 Å². The highest BCUT2D eigenvalue weighted by Crippen LogP contribution is 2.43. The van der Waals surface area contributed by atoms with Crippen LogP contribution in [0.3, 0.4) is 0 Å². The van der Waals surface area contributed by atoms with Gasteiger partial charge in [0.05, 0.1) is 16.0 Å². The van der Waals surface area contributed by atoms with Crippen molar-refractivity contribution in [1.82, 2.24) is 4.31 Å². The van der Waals surface area contributed by atoms with Gasteiger partial charge in [0, 0.05) is 21.1 Å². The number of hydrogen-bond acceptors (Lipinski definition) is 3. The van der Waals surface area contributed by atoms with Crippen LogP contribution < -0.4 is 4.90 Å². The predicted molar refractivity (Wildman–Crippen MR) is 78.5 cm³/mol. The number of anilines is 1. The van der Waals surface area contributed by atoms with Crippen molar-refractivity contribution >= 4 is 21.6 Å². The summed E-state index contributed by atoms with van der Waals surface area (Å²) >= 11 is 0. The predicted octanol–water partition coefficient (Wildman–Crippen LogP) is 1.50. The van der Waals surface area contributed by atoms with Gasteiger partial charge in [-0.2, -0.15) is 0 Å². The Morgan fingerprint density at radius 1 is 1.20 bits per heavy atom. The Morgan fingerprint density at radius 2 is 1.75 bits per heavy atom. The van der Waals surface area contributed by atoms with Gasteiger partial charge in [-0.15, -0.1) is 0 Å². The van der Waals surface area contributed by atoms with Crippen LogP contribution >= 0.6 is 0 Å². The molecule has 20 heavy (non-hydrogen) atoms. The van der Waals surface area contributed by atoms with Gasteiger partial charge in [0.2, 0.25) is 15.9 Å². The maximum atomic E-state index is 12.3. The highest BCUT2D eigenvalue weighted by Gasteiger charge is 2.43. The number of fused-ring (bicyclic) bond motifs is 1. The number of carbonyl (C=O) groups excluding carboxylic acids is 1.